The van der Waals surface area contributed by atoms with E-state index < -0.39 is 0 Å². The van der Waals surface area contributed by atoms with E-state index in [-0.39, 0.29) is 5.97 Å². The Kier molecular flexibility index (Phi) is 17.0. The van der Waals surface area contributed by atoms with Gasteiger partial charge in [-0.15, -0.1) is 0 Å². The Labute approximate surface area is 157 Å². The molecule has 0 aromatic rings. The van der Waals surface area contributed by atoms with Crippen LogP contribution in [-0.4, -0.2) is 13.1 Å². The molecule has 0 saturated heterocycles. The molecule has 0 spiro atoms. The lowest BCUT2D eigenvalue weighted by Gasteiger charge is -2.14. The molecule has 0 aromatic carbocycles. The van der Waals surface area contributed by atoms with Gasteiger partial charge in [-0.2, -0.15) is 0 Å². The van der Waals surface area contributed by atoms with E-state index >= 15 is 0 Å². The summed E-state index contributed by atoms with van der Waals surface area (Å²) >= 11 is 0. The molecule has 1 unspecified atom stereocenters. The molecule has 0 aliphatic rings. The number of unbranched alkanes of at least 4 members (excludes halogenated alkanes) is 9. The van der Waals surface area contributed by atoms with Gasteiger partial charge in [0.25, 0.3) is 0 Å². The van der Waals surface area contributed by atoms with Crippen LogP contribution in [0.5, 0.6) is 0 Å². The summed E-state index contributed by atoms with van der Waals surface area (Å²) in [6, 6.07) is 0. The lowest BCUT2D eigenvalue weighted by Crippen LogP contribution is -2.00. The molecule has 25 heavy (non-hydrogen) atoms. The molecule has 0 saturated carbocycles. The largest absolute Gasteiger partial charge is 0.469 e. The second kappa shape index (κ2) is 17.8. The number of allylic oxidation sites excluding steroid dienone is 3. The van der Waals surface area contributed by atoms with Gasteiger partial charge in [0.2, 0.25) is 0 Å². The maximum Gasteiger partial charge on any atom is 0.305 e. The number of methoxy groups -OCH3 is 1. The van der Waals surface area contributed by atoms with Crippen LogP contribution in [0.1, 0.15) is 104 Å². The molecule has 0 aromatic heterocycles. The Morgan fingerprint density at radius 2 is 1.60 bits per heavy atom. The minimum absolute atomic E-state index is 0.0841. The molecule has 146 valence electrons. The zero-order valence-corrected chi connectivity index (χ0v) is 17.2. The standard InChI is InChI=1S/C23H42O2/c1-5-7-8-9-10-12-15-18-22(21(3)6-2)19-16-13-11-14-17-20-23(24)25-4/h15,18,22H,3,5-14,16-17,19-20H2,1-2,4H3/b18-15+. The first-order valence-corrected chi connectivity index (χ1v) is 10.6. The fourth-order valence-electron chi connectivity index (χ4n) is 3.09. The number of rotatable bonds is 17. The number of esters is 1. The maximum atomic E-state index is 11.1. The predicted molar refractivity (Wildman–Crippen MR) is 110 cm³/mol. The van der Waals surface area contributed by atoms with E-state index in [9.17, 15) is 4.79 Å². The minimum atomic E-state index is -0.0841. The summed E-state index contributed by atoms with van der Waals surface area (Å²) in [5.41, 5.74) is 1.37. The van der Waals surface area contributed by atoms with Crippen molar-refractivity contribution in [3.63, 3.8) is 0 Å². The molecule has 1 atom stereocenters. The van der Waals surface area contributed by atoms with E-state index in [1.165, 1.54) is 76.9 Å². The van der Waals surface area contributed by atoms with Crippen LogP contribution >= 0.6 is 0 Å². The molecular formula is C23H42O2. The second-order valence-electron chi connectivity index (χ2n) is 7.13. The third-order valence-corrected chi connectivity index (χ3v) is 4.94. The van der Waals surface area contributed by atoms with Gasteiger partial charge in [-0.05, 0) is 38.0 Å². The zero-order chi connectivity index (χ0) is 18.8. The molecule has 0 amide bonds. The van der Waals surface area contributed by atoms with Crippen LogP contribution in [0, 0.1) is 5.92 Å². The first-order valence-electron chi connectivity index (χ1n) is 10.6. The van der Waals surface area contributed by atoms with E-state index in [1.54, 1.807) is 0 Å². The number of ether oxygens (including phenoxy) is 1. The number of hydrogen-bond acceptors (Lipinski definition) is 2. The Hall–Kier alpha value is -1.05. The Balaban J connectivity index is 3.84. The van der Waals surface area contributed by atoms with E-state index in [0.29, 0.717) is 12.3 Å². The number of carbonyl (C=O) groups excluding carboxylic acids is 1. The van der Waals surface area contributed by atoms with Crippen LogP contribution in [0.25, 0.3) is 0 Å². The first-order chi connectivity index (χ1) is 12.2. The normalized spacial score (nSPS) is 12.4. The first kappa shape index (κ1) is 23.9. The van der Waals surface area contributed by atoms with Crippen LogP contribution in [0.3, 0.4) is 0 Å². The van der Waals surface area contributed by atoms with Crippen molar-refractivity contribution < 1.29 is 9.53 Å². The molecule has 0 heterocycles. The Bertz CT molecular complexity index is 357. The summed E-state index contributed by atoms with van der Waals surface area (Å²) in [4.78, 5) is 11.1. The van der Waals surface area contributed by atoms with Crippen LogP contribution in [-0.2, 0) is 9.53 Å². The summed E-state index contributed by atoms with van der Waals surface area (Å²) in [5.74, 6) is 0.467. The van der Waals surface area contributed by atoms with Crippen molar-refractivity contribution in [3.05, 3.63) is 24.3 Å². The molecule has 2 nitrogen and oxygen atoms in total. The number of carbonyl (C=O) groups is 1. The van der Waals surface area contributed by atoms with Crippen LogP contribution < -0.4 is 0 Å². The zero-order valence-electron chi connectivity index (χ0n) is 17.2. The van der Waals surface area contributed by atoms with E-state index in [2.05, 4.69) is 37.3 Å². The fraction of sp³-hybridized carbons (Fsp3) is 0.783. The van der Waals surface area contributed by atoms with Crippen LogP contribution in [0.15, 0.2) is 24.3 Å². The van der Waals surface area contributed by atoms with Crippen molar-refractivity contribution in [2.24, 2.45) is 5.92 Å². The lowest BCUT2D eigenvalue weighted by molar-refractivity contribution is -0.140. The number of hydrogen-bond donors (Lipinski definition) is 0. The maximum absolute atomic E-state index is 11.1. The van der Waals surface area contributed by atoms with Crippen LogP contribution in [0.4, 0.5) is 0 Å². The minimum Gasteiger partial charge on any atom is -0.469 e. The second-order valence-corrected chi connectivity index (χ2v) is 7.13. The molecular weight excluding hydrogens is 308 g/mol. The molecule has 2 heteroatoms. The Morgan fingerprint density at radius 3 is 2.28 bits per heavy atom. The third kappa shape index (κ3) is 15.0. The van der Waals surface area contributed by atoms with Gasteiger partial charge < -0.3 is 4.74 Å². The monoisotopic (exact) mass is 350 g/mol. The molecule has 0 fully saturated rings. The van der Waals surface area contributed by atoms with Gasteiger partial charge >= 0.3 is 5.97 Å². The van der Waals surface area contributed by atoms with E-state index in [1.807, 2.05) is 0 Å². The van der Waals surface area contributed by atoms with Crippen molar-refractivity contribution in [1.29, 1.82) is 0 Å². The lowest BCUT2D eigenvalue weighted by atomic mass is 9.91. The van der Waals surface area contributed by atoms with Crippen molar-refractivity contribution in [2.75, 3.05) is 7.11 Å². The van der Waals surface area contributed by atoms with Gasteiger partial charge in [0.15, 0.2) is 0 Å². The van der Waals surface area contributed by atoms with E-state index in [0.717, 1.165) is 19.3 Å². The van der Waals surface area contributed by atoms with Crippen molar-refractivity contribution in [2.45, 2.75) is 104 Å². The highest BCUT2D eigenvalue weighted by molar-refractivity contribution is 5.68. The molecule has 0 radical (unpaired) electrons. The molecule has 0 rings (SSSR count). The third-order valence-electron chi connectivity index (χ3n) is 4.94. The highest BCUT2D eigenvalue weighted by Crippen LogP contribution is 2.22. The topological polar surface area (TPSA) is 26.3 Å². The van der Waals surface area contributed by atoms with Crippen molar-refractivity contribution in [1.82, 2.24) is 0 Å². The summed E-state index contributed by atoms with van der Waals surface area (Å²) in [6.07, 6.45) is 21.4. The van der Waals surface area contributed by atoms with Crippen molar-refractivity contribution in [3.8, 4) is 0 Å². The highest BCUT2D eigenvalue weighted by atomic mass is 16.5. The molecule has 0 aliphatic carbocycles. The van der Waals surface area contributed by atoms with Gasteiger partial charge in [-0.25, -0.2) is 0 Å². The summed E-state index contributed by atoms with van der Waals surface area (Å²) in [5, 5.41) is 0. The summed E-state index contributed by atoms with van der Waals surface area (Å²) < 4.78 is 4.67. The van der Waals surface area contributed by atoms with Crippen LogP contribution in [0.2, 0.25) is 0 Å². The average Bonchev–Trinajstić information content (AvgIpc) is 2.63. The quantitative estimate of drug-likeness (QED) is 0.155. The highest BCUT2D eigenvalue weighted by Gasteiger charge is 2.07. The van der Waals surface area contributed by atoms with E-state index in [4.69, 9.17) is 0 Å². The smallest absolute Gasteiger partial charge is 0.305 e. The summed E-state index contributed by atoms with van der Waals surface area (Å²) in [7, 11) is 1.46. The average molecular weight is 351 g/mol. The SMILES string of the molecule is C=C(CC)C(/C=C/CCCCCCC)CCCCCCCC(=O)OC. The van der Waals surface area contributed by atoms with Crippen molar-refractivity contribution >= 4 is 5.97 Å². The fourth-order valence-corrected chi connectivity index (χ4v) is 3.09. The Morgan fingerprint density at radius 1 is 0.960 bits per heavy atom. The summed E-state index contributed by atoms with van der Waals surface area (Å²) in [6.45, 7) is 8.74. The van der Waals surface area contributed by atoms with Gasteiger partial charge in [0.05, 0.1) is 7.11 Å². The van der Waals surface area contributed by atoms with Gasteiger partial charge in [-0.1, -0.05) is 89.5 Å². The van der Waals surface area contributed by atoms with Gasteiger partial charge in [0, 0.05) is 6.42 Å². The molecule has 0 aliphatic heterocycles. The molecule has 0 bridgehead atoms. The van der Waals surface area contributed by atoms with Gasteiger partial charge in [0.1, 0.15) is 0 Å². The van der Waals surface area contributed by atoms with Gasteiger partial charge in [-0.3, -0.25) is 4.79 Å². The predicted octanol–water partition coefficient (Wildman–Crippen LogP) is 7.39. The molecule has 0 N–H and O–H groups in total.